The monoisotopic (exact) mass is 1550 g/mol. The van der Waals surface area contributed by atoms with E-state index < -0.39 is 3.25 Å². The summed E-state index contributed by atoms with van der Waals surface area (Å²) in [4.78, 5) is 62.9. The number of pyridine rings is 5. The summed E-state index contributed by atoms with van der Waals surface area (Å²) in [6.45, 7) is 4.45. The van der Waals surface area contributed by atoms with Crippen LogP contribution in [0.4, 0.5) is 0 Å². The molecule has 0 aliphatic rings. The van der Waals surface area contributed by atoms with E-state index in [0.717, 1.165) is 79.2 Å². The van der Waals surface area contributed by atoms with Crippen LogP contribution in [0.2, 0.25) is 0 Å². The molecular weight excluding hydrogens is 1500 g/mol. The van der Waals surface area contributed by atoms with Crippen molar-refractivity contribution in [1.82, 2.24) is 24.9 Å². The van der Waals surface area contributed by atoms with Crippen LogP contribution < -0.4 is 122 Å². The Labute approximate surface area is 653 Å². The van der Waals surface area contributed by atoms with E-state index in [4.69, 9.17) is 75.8 Å². The van der Waals surface area contributed by atoms with Crippen molar-refractivity contribution in [3.63, 3.8) is 0 Å². The van der Waals surface area contributed by atoms with Gasteiger partial charge in [-0.25, -0.2) is 0 Å². The fourth-order valence-electron chi connectivity index (χ4n) is 6.66. The molecule has 0 amide bonds. The zero-order valence-electron chi connectivity index (χ0n) is 47.1. The van der Waals surface area contributed by atoms with E-state index in [0.29, 0.717) is 18.1 Å². The summed E-state index contributed by atoms with van der Waals surface area (Å²) in [7, 11) is 0. The van der Waals surface area contributed by atoms with Crippen LogP contribution in [0.5, 0.6) is 28.7 Å². The summed E-state index contributed by atoms with van der Waals surface area (Å²) in [6, 6.07) is 50.4. The summed E-state index contributed by atoms with van der Waals surface area (Å²) < 4.78 is 16.9. The normalized spacial score (nSPS) is 9.44. The van der Waals surface area contributed by atoms with Crippen molar-refractivity contribution in [2.45, 2.75) is 52.9 Å². The Morgan fingerprint density at radius 2 is 0.820 bits per heavy atom. The number of halogens is 8. The Bertz CT molecular complexity index is 3910. The maximum absolute atomic E-state index is 10.8. The van der Waals surface area contributed by atoms with E-state index in [1.54, 1.807) is 91.6 Å². The van der Waals surface area contributed by atoms with Crippen molar-refractivity contribution >= 4 is 184 Å². The van der Waals surface area contributed by atoms with E-state index >= 15 is 0 Å². The number of carbonyl (C=O) groups excluding carboxylic acids is 4. The first kappa shape index (κ1) is 87.0. The number of fused-ring (bicyclic) bond motifs is 5. The molecule has 0 radical (unpaired) electrons. The van der Waals surface area contributed by atoms with Gasteiger partial charge in [-0.15, -0.1) is 0 Å². The van der Waals surface area contributed by atoms with Gasteiger partial charge < -0.3 is 36.0 Å². The van der Waals surface area contributed by atoms with E-state index in [1.165, 1.54) is 20.8 Å². The van der Waals surface area contributed by atoms with E-state index in [9.17, 15) is 19.5 Å². The van der Waals surface area contributed by atoms with Crippen LogP contribution in [0.15, 0.2) is 208 Å². The van der Waals surface area contributed by atoms with Crippen LogP contribution in [0.3, 0.4) is 0 Å². The number of esters is 2. The van der Waals surface area contributed by atoms with Gasteiger partial charge in [-0.2, -0.15) is 0 Å². The average Bonchev–Trinajstić information content (AvgIpc) is 3.24. The van der Waals surface area contributed by atoms with Crippen LogP contribution in [0.1, 0.15) is 50.0 Å². The minimum absolute atomic E-state index is 0. The Balaban J connectivity index is -0.000000993. The SMILES string of the molecule is Brc1cnc2ccc(OCc3ccccc3)cc2c1.C.C.C.CC(=O)Cl.CC(=O)Oc1ccc2ncc(Br)cc2c1.CC(=O)Oc1ccc2ncccc2c1.ClC(Cl)(Cl)Cl.O=CO[O-].Oc1ccc2ncc(Br)cc2c1.Oc1ccc2ncccc2c1.[H-].[K+].[K+]. The smallest absolute Gasteiger partial charge is 1.00 e. The van der Waals surface area contributed by atoms with Gasteiger partial charge in [-0.1, -0.05) is 111 Å². The Morgan fingerprint density at radius 3 is 1.20 bits per heavy atom. The molecule has 0 atom stereocenters. The summed E-state index contributed by atoms with van der Waals surface area (Å²) in [6.07, 6.45) is 8.73. The summed E-state index contributed by atoms with van der Waals surface area (Å²) in [5.74, 6) is 1.86. The average molecular weight is 1560 g/mol. The zero-order chi connectivity index (χ0) is 61.6. The number of hydrogen-bond donors (Lipinski definition) is 2. The molecule has 11 aromatic rings. The van der Waals surface area contributed by atoms with Gasteiger partial charge in [0.15, 0.2) is 0 Å². The van der Waals surface area contributed by atoms with Crippen LogP contribution in [0.25, 0.3) is 54.5 Å². The van der Waals surface area contributed by atoms with Crippen LogP contribution in [-0.4, -0.2) is 62.0 Å². The summed E-state index contributed by atoms with van der Waals surface area (Å²) >= 11 is 34.0. The number of phenols is 2. The van der Waals surface area contributed by atoms with Crippen molar-refractivity contribution in [3.8, 4) is 28.7 Å². The quantitative estimate of drug-likeness (QED) is 0.0230. The molecule has 460 valence electrons. The summed E-state index contributed by atoms with van der Waals surface area (Å²) in [5.41, 5.74) is 5.68. The number of phenolic OH excluding ortho intramolecular Hbond substituents is 2. The Hall–Kier alpha value is -4.03. The number of nitrogens with zero attached hydrogens (tertiary/aromatic N) is 5. The molecule has 11 rings (SSSR count). The first-order valence-electron chi connectivity index (χ1n) is 23.9. The van der Waals surface area contributed by atoms with Crippen molar-refractivity contribution in [2.24, 2.45) is 0 Å². The molecule has 0 fully saturated rings. The zero-order valence-corrected chi connectivity index (χ0v) is 60.9. The molecule has 0 bridgehead atoms. The number of alkyl halides is 4. The second-order valence-electron chi connectivity index (χ2n) is 16.3. The molecule has 0 aliphatic heterocycles. The third-order valence-electron chi connectivity index (χ3n) is 9.84. The maximum atomic E-state index is 10.8. The Kier molecular flexibility index (Phi) is 45.9. The molecule has 2 N–H and O–H groups in total. The topological polar surface area (TPSA) is 233 Å². The molecule has 16 nitrogen and oxygen atoms in total. The number of carbonyl (C=O) groups is 4. The van der Waals surface area contributed by atoms with Crippen molar-refractivity contribution in [3.05, 3.63) is 214 Å². The third kappa shape index (κ3) is 36.7. The molecule has 0 spiro atoms. The van der Waals surface area contributed by atoms with Crippen LogP contribution in [0, 0.1) is 0 Å². The summed E-state index contributed by atoms with van der Waals surface area (Å²) in [5, 5.41) is 31.2. The number of hydrogen-bond acceptors (Lipinski definition) is 16. The Morgan fingerprint density at radius 1 is 0.506 bits per heavy atom. The fraction of sp³-hybridized carbons (Fsp3) is 0.127. The minimum atomic E-state index is -1.61. The van der Waals surface area contributed by atoms with Gasteiger partial charge in [0.05, 0.1) is 27.6 Å². The maximum Gasteiger partial charge on any atom is 1.00 e. The molecule has 0 saturated carbocycles. The number of aromatic hydroxyl groups is 2. The predicted molar refractivity (Wildman–Crippen MR) is 360 cm³/mol. The molecule has 89 heavy (non-hydrogen) atoms. The largest absolute Gasteiger partial charge is 1.00 e. The number of aromatic nitrogens is 5. The van der Waals surface area contributed by atoms with Gasteiger partial charge in [0, 0.05) is 92.1 Å². The van der Waals surface area contributed by atoms with Crippen molar-refractivity contribution in [1.29, 1.82) is 0 Å². The van der Waals surface area contributed by atoms with Gasteiger partial charge in [-0.05, 0) is 186 Å². The molecule has 5 aromatic heterocycles. The molecule has 5 heterocycles. The minimum Gasteiger partial charge on any atom is -1.00 e. The van der Waals surface area contributed by atoms with E-state index in [1.807, 2.05) is 91.0 Å². The number of benzene rings is 6. The van der Waals surface area contributed by atoms with Gasteiger partial charge in [0.2, 0.25) is 5.24 Å². The first-order valence-corrected chi connectivity index (χ1v) is 28.2. The van der Waals surface area contributed by atoms with Crippen LogP contribution >= 0.6 is 106 Å². The van der Waals surface area contributed by atoms with Gasteiger partial charge >= 0.3 is 115 Å². The van der Waals surface area contributed by atoms with Gasteiger partial charge in [0.25, 0.3) is 9.72 Å². The molecule has 26 heteroatoms. The molecular formula is C63H59Br3Cl5K2N5O11. The van der Waals surface area contributed by atoms with Crippen molar-refractivity contribution < 1.29 is 158 Å². The second kappa shape index (κ2) is 46.9. The molecule has 0 saturated heterocycles. The van der Waals surface area contributed by atoms with Crippen molar-refractivity contribution in [2.75, 3.05) is 0 Å². The molecule has 0 unspecified atom stereocenters. The number of rotatable bonds is 6. The molecule has 6 aromatic carbocycles. The van der Waals surface area contributed by atoms with E-state index in [2.05, 4.69) is 101 Å². The fourth-order valence-corrected chi connectivity index (χ4v) is 7.71. The number of ether oxygens (including phenoxy) is 3. The first-order chi connectivity index (χ1) is 40.0. The van der Waals surface area contributed by atoms with Gasteiger partial charge in [-0.3, -0.25) is 44.1 Å². The third-order valence-corrected chi connectivity index (χ3v) is 11.1. The standard InChI is InChI=1S/C16H12BrNO.C11H8BrNO2.C11H9NO2.C9H6BrNO.C9H7NO.C2H3ClO.CCl4.CH2O3.3CH4.2K.H/c17-14-8-13-9-15(6-7-16(13)18-10-14)19-11-12-4-2-1-3-5-12;1-7(14)15-10-2-3-11-8(5-10)4-9(12)6-13-11;1-8(13)14-10-4-5-11-9(7-10)3-2-6-12-11;10-7-3-6-4-8(12)1-2-9(6)11-5-7;11-8-3-4-9-7(6-8)2-1-5-10-9;1-2(3)4;2-1(3,4)5;2-1-4-3;;;;;;/h1-10H,11H2;2-6H,1H3;2-7H,1H3;1-5,12H;1-6,11H;1H3;;1,3H;3*1H4;;;/q;;;;;;;;;;;2*+1;-1/p-1. The second-order valence-corrected chi connectivity index (χ2v) is 23.0. The predicted octanol–water partition coefficient (Wildman–Crippen LogP) is 12.1. The van der Waals surface area contributed by atoms with Crippen LogP contribution in [-0.2, 0) is 30.7 Å². The van der Waals surface area contributed by atoms with E-state index in [-0.39, 0.29) is 162 Å². The molecule has 0 aliphatic carbocycles. The van der Waals surface area contributed by atoms with Gasteiger partial charge in [0.1, 0.15) is 35.4 Å².